The molecule has 0 aromatic carbocycles. The Bertz CT molecular complexity index is 149. The minimum absolute atomic E-state index is 0.0382. The minimum atomic E-state index is -1.01. The van der Waals surface area contributed by atoms with Crippen LogP contribution in [0.4, 0.5) is 0 Å². The standard InChI is InChI=1S/C9H18O3/c1-3-5-8-9(11,12-8)6-7(10)4-2/h7-8,10-11H,3-6H2,1-2H3. The molecule has 0 aliphatic carbocycles. The second-order valence-electron chi connectivity index (χ2n) is 3.51. The highest BCUT2D eigenvalue weighted by Gasteiger charge is 2.54. The molecule has 72 valence electrons. The molecule has 3 unspecified atom stereocenters. The van der Waals surface area contributed by atoms with Crippen LogP contribution in [0.15, 0.2) is 0 Å². The maximum Gasteiger partial charge on any atom is 0.195 e. The summed E-state index contributed by atoms with van der Waals surface area (Å²) in [5, 5.41) is 18.9. The number of epoxide rings is 1. The smallest absolute Gasteiger partial charge is 0.195 e. The number of hydrogen-bond acceptors (Lipinski definition) is 3. The number of hydrogen-bond donors (Lipinski definition) is 2. The first kappa shape index (κ1) is 9.96. The van der Waals surface area contributed by atoms with E-state index in [0.29, 0.717) is 12.8 Å². The van der Waals surface area contributed by atoms with E-state index < -0.39 is 11.9 Å². The topological polar surface area (TPSA) is 53.0 Å². The molecule has 1 saturated heterocycles. The van der Waals surface area contributed by atoms with Gasteiger partial charge in [-0.2, -0.15) is 0 Å². The number of ether oxygens (including phenoxy) is 1. The van der Waals surface area contributed by atoms with Gasteiger partial charge in [0.05, 0.1) is 6.10 Å². The lowest BCUT2D eigenvalue weighted by atomic mass is 10.0. The van der Waals surface area contributed by atoms with Gasteiger partial charge in [-0.3, -0.25) is 0 Å². The van der Waals surface area contributed by atoms with E-state index in [1.807, 2.05) is 6.92 Å². The van der Waals surface area contributed by atoms with Crippen LogP contribution in [0.25, 0.3) is 0 Å². The van der Waals surface area contributed by atoms with Crippen molar-refractivity contribution in [3.8, 4) is 0 Å². The minimum Gasteiger partial charge on any atom is -0.393 e. The molecule has 0 radical (unpaired) electrons. The quantitative estimate of drug-likeness (QED) is 0.612. The van der Waals surface area contributed by atoms with Crippen LogP contribution in [0, 0.1) is 0 Å². The van der Waals surface area contributed by atoms with Crippen LogP contribution in [0.5, 0.6) is 0 Å². The van der Waals surface area contributed by atoms with Crippen molar-refractivity contribution in [3.05, 3.63) is 0 Å². The van der Waals surface area contributed by atoms with E-state index in [2.05, 4.69) is 6.92 Å². The molecule has 3 atom stereocenters. The maximum atomic E-state index is 9.64. The summed E-state index contributed by atoms with van der Waals surface area (Å²) in [6, 6.07) is 0. The van der Waals surface area contributed by atoms with Gasteiger partial charge in [-0.05, 0) is 12.8 Å². The van der Waals surface area contributed by atoms with Crippen molar-refractivity contribution in [1.29, 1.82) is 0 Å². The molecule has 1 fully saturated rings. The van der Waals surface area contributed by atoms with Crippen molar-refractivity contribution >= 4 is 0 Å². The number of rotatable bonds is 5. The molecule has 1 heterocycles. The molecule has 12 heavy (non-hydrogen) atoms. The first-order valence-electron chi connectivity index (χ1n) is 4.70. The predicted octanol–water partition coefficient (Wildman–Crippen LogP) is 1.03. The highest BCUT2D eigenvalue weighted by molar-refractivity contribution is 4.93. The molecule has 3 nitrogen and oxygen atoms in total. The molecule has 0 bridgehead atoms. The maximum absolute atomic E-state index is 9.64. The highest BCUT2D eigenvalue weighted by Crippen LogP contribution is 2.40. The van der Waals surface area contributed by atoms with Gasteiger partial charge in [-0.15, -0.1) is 0 Å². The van der Waals surface area contributed by atoms with Gasteiger partial charge in [-0.1, -0.05) is 20.3 Å². The second-order valence-corrected chi connectivity index (χ2v) is 3.51. The van der Waals surface area contributed by atoms with E-state index in [1.165, 1.54) is 0 Å². The average Bonchev–Trinajstić information content (AvgIpc) is 2.62. The fourth-order valence-corrected chi connectivity index (χ4v) is 1.42. The highest BCUT2D eigenvalue weighted by atomic mass is 16.7. The third-order valence-corrected chi connectivity index (χ3v) is 2.34. The van der Waals surface area contributed by atoms with Crippen LogP contribution in [0.2, 0.25) is 0 Å². The summed E-state index contributed by atoms with van der Waals surface area (Å²) in [5.74, 6) is -1.01. The van der Waals surface area contributed by atoms with Crippen LogP contribution < -0.4 is 0 Å². The molecule has 0 aromatic heterocycles. The Labute approximate surface area is 73.4 Å². The Hall–Kier alpha value is -0.120. The molecule has 2 N–H and O–H groups in total. The summed E-state index contributed by atoms with van der Waals surface area (Å²) in [7, 11) is 0. The van der Waals surface area contributed by atoms with E-state index >= 15 is 0 Å². The zero-order valence-corrected chi connectivity index (χ0v) is 7.79. The molecule has 0 saturated carbocycles. The van der Waals surface area contributed by atoms with Crippen molar-refractivity contribution < 1.29 is 14.9 Å². The molecule has 0 aromatic rings. The molecule has 0 amide bonds. The van der Waals surface area contributed by atoms with Crippen molar-refractivity contribution in [3.63, 3.8) is 0 Å². The van der Waals surface area contributed by atoms with Crippen molar-refractivity contribution in [2.24, 2.45) is 0 Å². The SMILES string of the molecule is CCCC1OC1(O)CC(O)CC. The summed E-state index contributed by atoms with van der Waals surface area (Å²) in [5.41, 5.74) is 0. The average molecular weight is 174 g/mol. The molecule has 1 rings (SSSR count). The Morgan fingerprint density at radius 2 is 2.17 bits per heavy atom. The van der Waals surface area contributed by atoms with Gasteiger partial charge in [0.2, 0.25) is 0 Å². The van der Waals surface area contributed by atoms with Gasteiger partial charge < -0.3 is 14.9 Å². The van der Waals surface area contributed by atoms with Crippen LogP contribution in [-0.4, -0.2) is 28.2 Å². The van der Waals surface area contributed by atoms with Crippen molar-refractivity contribution in [2.75, 3.05) is 0 Å². The third kappa shape index (κ3) is 2.19. The molecule has 1 aliphatic heterocycles. The summed E-state index contributed by atoms with van der Waals surface area (Å²) in [6.45, 7) is 3.95. The Morgan fingerprint density at radius 3 is 2.67 bits per heavy atom. The fraction of sp³-hybridized carbons (Fsp3) is 1.00. The van der Waals surface area contributed by atoms with Gasteiger partial charge in [0, 0.05) is 6.42 Å². The Kier molecular flexibility index (Phi) is 3.09. The van der Waals surface area contributed by atoms with E-state index in [-0.39, 0.29) is 6.10 Å². The molecule has 3 heteroatoms. The van der Waals surface area contributed by atoms with E-state index in [1.54, 1.807) is 0 Å². The van der Waals surface area contributed by atoms with Crippen LogP contribution in [-0.2, 0) is 4.74 Å². The van der Waals surface area contributed by atoms with E-state index in [9.17, 15) is 10.2 Å². The normalized spacial score (nSPS) is 36.5. The summed E-state index contributed by atoms with van der Waals surface area (Å²) < 4.78 is 5.11. The Balaban J connectivity index is 2.25. The zero-order valence-electron chi connectivity index (χ0n) is 7.79. The monoisotopic (exact) mass is 174 g/mol. The predicted molar refractivity (Wildman–Crippen MR) is 45.6 cm³/mol. The third-order valence-electron chi connectivity index (χ3n) is 2.34. The summed E-state index contributed by atoms with van der Waals surface area (Å²) in [4.78, 5) is 0. The Morgan fingerprint density at radius 1 is 1.50 bits per heavy atom. The fourth-order valence-electron chi connectivity index (χ4n) is 1.42. The molecule has 0 spiro atoms. The molecule has 1 aliphatic rings. The van der Waals surface area contributed by atoms with E-state index in [4.69, 9.17) is 4.74 Å². The first-order chi connectivity index (χ1) is 5.62. The first-order valence-corrected chi connectivity index (χ1v) is 4.70. The molecular weight excluding hydrogens is 156 g/mol. The van der Waals surface area contributed by atoms with Crippen LogP contribution >= 0.6 is 0 Å². The zero-order chi connectivity index (χ0) is 9.19. The summed E-state index contributed by atoms with van der Waals surface area (Å²) >= 11 is 0. The van der Waals surface area contributed by atoms with Crippen molar-refractivity contribution in [2.45, 2.75) is 57.5 Å². The van der Waals surface area contributed by atoms with Gasteiger partial charge in [0.15, 0.2) is 5.79 Å². The lowest BCUT2D eigenvalue weighted by molar-refractivity contribution is -0.0109. The van der Waals surface area contributed by atoms with Crippen molar-refractivity contribution in [1.82, 2.24) is 0 Å². The molecular formula is C9H18O3. The van der Waals surface area contributed by atoms with Gasteiger partial charge in [0.1, 0.15) is 6.10 Å². The van der Waals surface area contributed by atoms with Gasteiger partial charge in [0.25, 0.3) is 0 Å². The largest absolute Gasteiger partial charge is 0.393 e. The lowest BCUT2D eigenvalue weighted by Crippen LogP contribution is -2.22. The summed E-state index contributed by atoms with van der Waals surface area (Å²) in [6.07, 6.45) is 2.45. The second kappa shape index (κ2) is 3.73. The van der Waals surface area contributed by atoms with Crippen LogP contribution in [0.3, 0.4) is 0 Å². The van der Waals surface area contributed by atoms with Crippen LogP contribution in [0.1, 0.15) is 39.5 Å². The number of aliphatic hydroxyl groups is 2. The van der Waals surface area contributed by atoms with Gasteiger partial charge in [-0.25, -0.2) is 0 Å². The van der Waals surface area contributed by atoms with Gasteiger partial charge >= 0.3 is 0 Å². The lowest BCUT2D eigenvalue weighted by Gasteiger charge is -2.09. The van der Waals surface area contributed by atoms with E-state index in [0.717, 1.165) is 12.8 Å². The number of aliphatic hydroxyl groups excluding tert-OH is 1.